The lowest BCUT2D eigenvalue weighted by Gasteiger charge is -2.36. The van der Waals surface area contributed by atoms with Crippen molar-refractivity contribution in [3.63, 3.8) is 0 Å². The molecule has 0 aliphatic carbocycles. The van der Waals surface area contributed by atoms with Gasteiger partial charge in [0, 0.05) is 68.3 Å². The molecule has 5 aromatic rings. The Balaban J connectivity index is 0.000000167. The Morgan fingerprint density at radius 3 is 1.85 bits per heavy atom. The molecule has 9 heterocycles. The van der Waals surface area contributed by atoms with E-state index in [4.69, 9.17) is 25.8 Å². The minimum absolute atomic E-state index is 0.332. The third kappa shape index (κ3) is 9.90. The number of rotatable bonds is 11. The zero-order valence-corrected chi connectivity index (χ0v) is 38.6. The molecule has 10 rings (SSSR count). The van der Waals surface area contributed by atoms with Gasteiger partial charge in [-0.25, -0.2) is 19.9 Å². The van der Waals surface area contributed by atoms with Gasteiger partial charge in [-0.15, -0.1) is 22.7 Å². The molecule has 0 amide bonds. The van der Waals surface area contributed by atoms with Crippen LogP contribution in [0.25, 0.3) is 20.4 Å². The van der Waals surface area contributed by atoms with Gasteiger partial charge >= 0.3 is 0 Å². The maximum Gasteiger partial charge on any atom is 0.142 e. The van der Waals surface area contributed by atoms with E-state index >= 15 is 0 Å². The van der Waals surface area contributed by atoms with Gasteiger partial charge in [-0.1, -0.05) is 11.6 Å². The van der Waals surface area contributed by atoms with Crippen LogP contribution >= 0.6 is 34.3 Å². The number of methoxy groups -OCH3 is 1. The molecule has 1 N–H and O–H groups in total. The summed E-state index contributed by atoms with van der Waals surface area (Å²) in [5.74, 6) is 1.67. The molecular formula is C45H59ClN10O3S2. The minimum atomic E-state index is 0.332. The van der Waals surface area contributed by atoms with Crippen LogP contribution in [0.4, 0.5) is 11.5 Å². The topological polar surface area (TPSA) is 117 Å². The van der Waals surface area contributed by atoms with Crippen molar-refractivity contribution in [3.05, 3.63) is 61.9 Å². The SMILES string of the molecule is COc1cc2c(cc1Nc1ncnc3sc4c(c13)CCN(CCCN1C[C@@H](C)O[C@@H](C)C1)C4)C=NC2.C[C@@H]1CN(CCCN2CCc3c(sc4ncnc(Cl)c34)C2)C[C@H](C)O1. The first-order valence-corrected chi connectivity index (χ1v) is 24.0. The van der Waals surface area contributed by atoms with Gasteiger partial charge in [-0.3, -0.25) is 24.6 Å². The highest BCUT2D eigenvalue weighted by atomic mass is 35.5. The number of hydrogen-bond donors (Lipinski definition) is 1. The molecular weight excluding hydrogens is 828 g/mol. The Hall–Kier alpha value is -3.38. The summed E-state index contributed by atoms with van der Waals surface area (Å²) in [4.78, 5) is 37.4. The van der Waals surface area contributed by atoms with E-state index in [9.17, 15) is 0 Å². The number of halogens is 1. The summed E-state index contributed by atoms with van der Waals surface area (Å²) in [5, 5.41) is 6.40. The molecule has 5 aliphatic rings. The molecule has 0 spiro atoms. The maximum atomic E-state index is 6.29. The number of aromatic nitrogens is 4. The quantitative estimate of drug-likeness (QED) is 0.133. The molecule has 13 nitrogen and oxygen atoms in total. The Labute approximate surface area is 372 Å². The van der Waals surface area contributed by atoms with E-state index < -0.39 is 0 Å². The molecule has 0 radical (unpaired) electrons. The van der Waals surface area contributed by atoms with Crippen LogP contribution in [0.2, 0.25) is 5.15 Å². The number of anilines is 2. The number of morpholine rings is 2. The minimum Gasteiger partial charge on any atom is -0.495 e. The molecule has 4 atom stereocenters. The molecule has 61 heavy (non-hydrogen) atoms. The van der Waals surface area contributed by atoms with Crippen molar-refractivity contribution in [2.75, 3.05) is 77.9 Å². The van der Waals surface area contributed by atoms with Crippen LogP contribution in [0.1, 0.15) is 72.5 Å². The first kappa shape index (κ1) is 42.9. The summed E-state index contributed by atoms with van der Waals surface area (Å²) >= 11 is 9.87. The number of fused-ring (bicyclic) bond motifs is 7. The fourth-order valence-electron chi connectivity index (χ4n) is 9.90. The molecule has 2 fully saturated rings. The van der Waals surface area contributed by atoms with Gasteiger partial charge in [0.15, 0.2) is 0 Å². The monoisotopic (exact) mass is 886 g/mol. The Morgan fingerprint density at radius 1 is 0.721 bits per heavy atom. The first-order valence-electron chi connectivity index (χ1n) is 22.0. The molecule has 4 aromatic heterocycles. The lowest BCUT2D eigenvalue weighted by molar-refractivity contribution is -0.0686. The summed E-state index contributed by atoms with van der Waals surface area (Å²) in [6.45, 7) is 22.4. The van der Waals surface area contributed by atoms with Gasteiger partial charge in [0.1, 0.15) is 39.0 Å². The average molecular weight is 888 g/mol. The van der Waals surface area contributed by atoms with Crippen LogP contribution in [0, 0.1) is 0 Å². The summed E-state index contributed by atoms with van der Waals surface area (Å²) in [6.07, 6.45) is 11.0. The van der Waals surface area contributed by atoms with E-state index in [0.717, 1.165) is 135 Å². The number of nitrogens with zero attached hydrogens (tertiary/aromatic N) is 9. The van der Waals surface area contributed by atoms with Crippen LogP contribution in [-0.2, 0) is 41.9 Å². The predicted octanol–water partition coefficient (Wildman–Crippen LogP) is 7.44. The Bertz CT molecular complexity index is 2340. The van der Waals surface area contributed by atoms with E-state index in [1.54, 1.807) is 31.1 Å². The van der Waals surface area contributed by atoms with Gasteiger partial charge in [-0.2, -0.15) is 0 Å². The second-order valence-electron chi connectivity index (χ2n) is 17.4. The second kappa shape index (κ2) is 19.2. The Morgan fingerprint density at radius 2 is 1.26 bits per heavy atom. The summed E-state index contributed by atoms with van der Waals surface area (Å²) in [5.41, 5.74) is 6.00. The van der Waals surface area contributed by atoms with E-state index in [0.29, 0.717) is 36.1 Å². The van der Waals surface area contributed by atoms with Crippen molar-refractivity contribution in [3.8, 4) is 5.75 Å². The van der Waals surface area contributed by atoms with Crippen LogP contribution in [0.15, 0.2) is 29.8 Å². The standard InChI is InChI=1S/C27H34N6O2S.C18H25ClN4OS/c1-17-13-33(14-18(2)35-17)7-4-6-32-8-5-21-24(15-32)36-27-25(21)26(29-16-30-27)31-22-9-19-11-28-12-20(19)10-23(22)34-3;1-12-8-23(9-13(2)24-12)6-3-5-22-7-4-14-15(10-22)25-18-16(14)17(19)20-11-21-18/h9-11,16-18H,4-8,12-15H2,1-3H3,(H,29,30,31);11-13H,3-10H2,1-2H3/t17-,18+;12-,13+. The normalized spacial score (nSPS) is 23.4. The van der Waals surface area contributed by atoms with Crippen molar-refractivity contribution in [2.45, 2.75) is 97.4 Å². The zero-order chi connectivity index (χ0) is 42.0. The van der Waals surface area contributed by atoms with Crippen molar-refractivity contribution < 1.29 is 14.2 Å². The van der Waals surface area contributed by atoms with E-state index in [-0.39, 0.29) is 0 Å². The zero-order valence-electron chi connectivity index (χ0n) is 36.2. The number of ether oxygens (including phenoxy) is 3. The predicted molar refractivity (Wildman–Crippen MR) is 248 cm³/mol. The van der Waals surface area contributed by atoms with Crippen molar-refractivity contribution >= 4 is 72.4 Å². The lowest BCUT2D eigenvalue weighted by Crippen LogP contribution is -2.46. The number of hydrogen-bond acceptors (Lipinski definition) is 15. The van der Waals surface area contributed by atoms with Crippen LogP contribution < -0.4 is 10.1 Å². The van der Waals surface area contributed by atoms with E-state index in [1.807, 2.05) is 17.6 Å². The van der Waals surface area contributed by atoms with Crippen molar-refractivity contribution in [2.24, 2.45) is 4.99 Å². The Kier molecular flexibility index (Phi) is 13.5. The fraction of sp³-hybridized carbons (Fsp3) is 0.578. The molecule has 5 aliphatic heterocycles. The molecule has 326 valence electrons. The van der Waals surface area contributed by atoms with Gasteiger partial charge in [0.05, 0.1) is 54.5 Å². The van der Waals surface area contributed by atoms with Gasteiger partial charge < -0.3 is 19.5 Å². The molecule has 16 heteroatoms. The van der Waals surface area contributed by atoms with E-state index in [1.165, 1.54) is 39.3 Å². The summed E-state index contributed by atoms with van der Waals surface area (Å²) in [7, 11) is 1.71. The number of thiophene rings is 2. The highest BCUT2D eigenvalue weighted by Crippen LogP contribution is 2.40. The van der Waals surface area contributed by atoms with Gasteiger partial charge in [0.2, 0.25) is 0 Å². The molecule has 0 saturated carbocycles. The second-order valence-corrected chi connectivity index (χ2v) is 19.9. The molecule has 1 aromatic carbocycles. The summed E-state index contributed by atoms with van der Waals surface area (Å²) < 4.78 is 17.4. The first-order chi connectivity index (χ1) is 29.7. The van der Waals surface area contributed by atoms with Crippen LogP contribution in [0.5, 0.6) is 5.75 Å². The number of nitrogens with one attached hydrogen (secondary N) is 1. The number of benzene rings is 1. The fourth-order valence-corrected chi connectivity index (χ4v) is 12.7. The smallest absolute Gasteiger partial charge is 0.142 e. The summed E-state index contributed by atoms with van der Waals surface area (Å²) in [6, 6.07) is 4.18. The van der Waals surface area contributed by atoms with Gasteiger partial charge in [-0.05, 0) is 114 Å². The third-order valence-electron chi connectivity index (χ3n) is 12.5. The average Bonchev–Trinajstić information content (AvgIpc) is 3.95. The van der Waals surface area contributed by atoms with E-state index in [2.05, 4.69) is 89.7 Å². The highest BCUT2D eigenvalue weighted by molar-refractivity contribution is 7.19. The third-order valence-corrected chi connectivity index (χ3v) is 15.0. The number of aliphatic imine (C=N–C) groups is 1. The molecule has 0 unspecified atom stereocenters. The van der Waals surface area contributed by atoms with Crippen molar-refractivity contribution in [1.82, 2.24) is 39.5 Å². The molecule has 0 bridgehead atoms. The largest absolute Gasteiger partial charge is 0.495 e. The highest BCUT2D eigenvalue weighted by Gasteiger charge is 2.27. The molecule has 2 saturated heterocycles. The van der Waals surface area contributed by atoms with Crippen molar-refractivity contribution in [1.29, 1.82) is 0 Å². The van der Waals surface area contributed by atoms with Gasteiger partial charge in [0.25, 0.3) is 0 Å². The van der Waals surface area contributed by atoms with Crippen LogP contribution in [-0.4, -0.2) is 143 Å². The van der Waals surface area contributed by atoms with Crippen LogP contribution in [0.3, 0.4) is 0 Å². The maximum absolute atomic E-state index is 6.29. The lowest BCUT2D eigenvalue weighted by atomic mass is 10.0.